The normalized spacial score (nSPS) is 16.0. The molecule has 2 aromatic carbocycles. The van der Waals surface area contributed by atoms with Crippen LogP contribution in [-0.2, 0) is 24.2 Å². The highest BCUT2D eigenvalue weighted by atomic mass is 35.5. The van der Waals surface area contributed by atoms with Crippen molar-refractivity contribution in [2.24, 2.45) is 0 Å². The molecule has 1 amide bonds. The summed E-state index contributed by atoms with van der Waals surface area (Å²) in [5.41, 5.74) is 3.86. The van der Waals surface area contributed by atoms with Crippen LogP contribution in [-0.4, -0.2) is 28.6 Å². The zero-order chi connectivity index (χ0) is 19.4. The lowest BCUT2D eigenvalue weighted by Gasteiger charge is -2.34. The van der Waals surface area contributed by atoms with Gasteiger partial charge in [-0.05, 0) is 36.2 Å². The highest BCUT2D eigenvalue weighted by Crippen LogP contribution is 2.40. The standard InChI is InChI=1S/C20H16ClF2N3O2/c21-12-3-4-14-15(9-12)26-10-13-16(28-20(22)23)5-1-11-2-6-18(27)25(19(11)13)8-7-17(26)24-14/h1,3-5,9,20H,2,6-8,10H2. The summed E-state index contributed by atoms with van der Waals surface area (Å²) < 4.78 is 32.9. The van der Waals surface area contributed by atoms with E-state index >= 15 is 0 Å². The minimum Gasteiger partial charge on any atom is -0.434 e. The molecule has 0 bridgehead atoms. The lowest BCUT2D eigenvalue weighted by Crippen LogP contribution is -2.39. The van der Waals surface area contributed by atoms with Gasteiger partial charge in [0.1, 0.15) is 11.6 Å². The Bertz CT molecular complexity index is 1110. The number of fused-ring (bicyclic) bond motifs is 3. The van der Waals surface area contributed by atoms with Crippen molar-refractivity contribution in [1.82, 2.24) is 9.55 Å². The van der Waals surface area contributed by atoms with Gasteiger partial charge >= 0.3 is 6.61 Å². The molecule has 3 aromatic rings. The van der Waals surface area contributed by atoms with Crippen molar-refractivity contribution < 1.29 is 18.3 Å². The Kier molecular flexibility index (Phi) is 4.01. The molecule has 0 atom stereocenters. The largest absolute Gasteiger partial charge is 0.434 e. The van der Waals surface area contributed by atoms with E-state index in [9.17, 15) is 13.6 Å². The van der Waals surface area contributed by atoms with E-state index in [0.717, 1.165) is 22.4 Å². The van der Waals surface area contributed by atoms with Crippen LogP contribution < -0.4 is 9.64 Å². The number of alkyl halides is 2. The number of amides is 1. The summed E-state index contributed by atoms with van der Waals surface area (Å²) in [4.78, 5) is 19.0. The van der Waals surface area contributed by atoms with Gasteiger partial charge in [-0.15, -0.1) is 0 Å². The summed E-state index contributed by atoms with van der Waals surface area (Å²) in [7, 11) is 0. The van der Waals surface area contributed by atoms with E-state index in [4.69, 9.17) is 16.3 Å². The number of hydrogen-bond acceptors (Lipinski definition) is 3. The molecule has 2 aliphatic rings. The van der Waals surface area contributed by atoms with Crippen molar-refractivity contribution in [3.8, 4) is 5.75 Å². The zero-order valence-electron chi connectivity index (χ0n) is 14.8. The van der Waals surface area contributed by atoms with E-state index < -0.39 is 6.61 Å². The van der Waals surface area contributed by atoms with Gasteiger partial charge in [0, 0.05) is 30.0 Å². The highest BCUT2D eigenvalue weighted by Gasteiger charge is 2.31. The van der Waals surface area contributed by atoms with Crippen LogP contribution in [0.5, 0.6) is 5.75 Å². The average Bonchev–Trinajstić information content (AvgIpc) is 2.96. The number of aryl methyl sites for hydroxylation is 1. The van der Waals surface area contributed by atoms with Crippen LogP contribution in [0.4, 0.5) is 14.5 Å². The van der Waals surface area contributed by atoms with E-state index in [-0.39, 0.29) is 18.2 Å². The van der Waals surface area contributed by atoms with E-state index in [1.165, 1.54) is 0 Å². The van der Waals surface area contributed by atoms with Crippen LogP contribution in [0, 0.1) is 0 Å². The lowest BCUT2D eigenvalue weighted by atomic mass is 9.95. The van der Waals surface area contributed by atoms with Crippen molar-refractivity contribution in [2.75, 3.05) is 11.4 Å². The molecule has 1 aromatic heterocycles. The fourth-order valence-corrected chi connectivity index (χ4v) is 4.35. The zero-order valence-corrected chi connectivity index (χ0v) is 15.5. The first-order chi connectivity index (χ1) is 13.5. The SMILES string of the molecule is O=C1CCc2ccc(OC(F)F)c3c2N1CCc1nc2ccc(Cl)cc2n1C3. The number of ether oxygens (including phenoxy) is 1. The van der Waals surface area contributed by atoms with Crippen molar-refractivity contribution in [3.63, 3.8) is 0 Å². The van der Waals surface area contributed by atoms with Crippen LogP contribution in [0.15, 0.2) is 30.3 Å². The third-order valence-electron chi connectivity index (χ3n) is 5.38. The molecule has 0 spiro atoms. The van der Waals surface area contributed by atoms with Gasteiger partial charge < -0.3 is 14.2 Å². The number of aromatic nitrogens is 2. The molecule has 5 nitrogen and oxygen atoms in total. The van der Waals surface area contributed by atoms with Gasteiger partial charge in [-0.3, -0.25) is 4.79 Å². The van der Waals surface area contributed by atoms with Crippen molar-refractivity contribution in [3.05, 3.63) is 52.3 Å². The van der Waals surface area contributed by atoms with Crippen LogP contribution >= 0.6 is 11.6 Å². The van der Waals surface area contributed by atoms with Crippen molar-refractivity contribution in [2.45, 2.75) is 32.4 Å². The van der Waals surface area contributed by atoms with Gasteiger partial charge in [0.05, 0.1) is 23.3 Å². The summed E-state index contributed by atoms with van der Waals surface area (Å²) in [5, 5.41) is 0.577. The Morgan fingerprint density at radius 1 is 1.14 bits per heavy atom. The van der Waals surface area contributed by atoms with E-state index in [1.807, 2.05) is 16.7 Å². The van der Waals surface area contributed by atoms with Gasteiger partial charge in [0.2, 0.25) is 5.91 Å². The predicted molar refractivity (Wildman–Crippen MR) is 101 cm³/mol. The molecule has 8 heteroatoms. The minimum atomic E-state index is -2.94. The molecular formula is C20H16ClF2N3O2. The number of anilines is 1. The first-order valence-corrected chi connectivity index (χ1v) is 9.43. The number of benzene rings is 2. The lowest BCUT2D eigenvalue weighted by molar-refractivity contribution is -0.118. The average molecular weight is 404 g/mol. The van der Waals surface area contributed by atoms with E-state index in [0.29, 0.717) is 42.1 Å². The minimum absolute atomic E-state index is 0.00412. The second-order valence-corrected chi connectivity index (χ2v) is 7.41. The van der Waals surface area contributed by atoms with Gasteiger partial charge in [0.15, 0.2) is 0 Å². The topological polar surface area (TPSA) is 47.4 Å². The number of imidazole rings is 1. The molecule has 28 heavy (non-hydrogen) atoms. The molecule has 0 radical (unpaired) electrons. The summed E-state index contributed by atoms with van der Waals surface area (Å²) in [6, 6.07) is 8.78. The second-order valence-electron chi connectivity index (χ2n) is 6.97. The summed E-state index contributed by atoms with van der Waals surface area (Å²) >= 11 is 6.17. The van der Waals surface area contributed by atoms with Crippen LogP contribution in [0.2, 0.25) is 5.02 Å². The maximum absolute atomic E-state index is 13.0. The molecule has 2 aliphatic heterocycles. The van der Waals surface area contributed by atoms with E-state index in [1.54, 1.807) is 23.1 Å². The summed E-state index contributed by atoms with van der Waals surface area (Å²) in [5.74, 6) is 0.871. The number of carbonyl (C=O) groups excluding carboxylic acids is 1. The monoisotopic (exact) mass is 403 g/mol. The van der Waals surface area contributed by atoms with Crippen LogP contribution in [0.1, 0.15) is 23.4 Å². The van der Waals surface area contributed by atoms with Crippen molar-refractivity contribution in [1.29, 1.82) is 0 Å². The van der Waals surface area contributed by atoms with Gasteiger partial charge in [-0.25, -0.2) is 4.98 Å². The fourth-order valence-electron chi connectivity index (χ4n) is 4.18. The molecule has 0 N–H and O–H groups in total. The molecular weight excluding hydrogens is 388 g/mol. The maximum atomic E-state index is 13.0. The number of carbonyl (C=O) groups is 1. The third-order valence-corrected chi connectivity index (χ3v) is 5.62. The highest BCUT2D eigenvalue weighted by molar-refractivity contribution is 6.31. The predicted octanol–water partition coefficient (Wildman–Crippen LogP) is 4.17. The smallest absolute Gasteiger partial charge is 0.387 e. The van der Waals surface area contributed by atoms with Crippen LogP contribution in [0.25, 0.3) is 11.0 Å². The molecule has 5 rings (SSSR count). The number of hydrogen-bond donors (Lipinski definition) is 0. The molecule has 0 saturated heterocycles. The maximum Gasteiger partial charge on any atom is 0.387 e. The second kappa shape index (κ2) is 6.44. The molecule has 144 valence electrons. The Balaban J connectivity index is 1.75. The third kappa shape index (κ3) is 2.73. The summed E-state index contributed by atoms with van der Waals surface area (Å²) in [6.07, 6.45) is 1.57. The molecule has 0 saturated carbocycles. The Labute approximate surface area is 164 Å². The van der Waals surface area contributed by atoms with Crippen molar-refractivity contribution >= 4 is 34.2 Å². The van der Waals surface area contributed by atoms with Gasteiger partial charge in [-0.2, -0.15) is 8.78 Å². The quantitative estimate of drug-likeness (QED) is 0.645. The fraction of sp³-hybridized carbons (Fsp3) is 0.300. The molecule has 0 unspecified atom stereocenters. The Morgan fingerprint density at radius 2 is 2.00 bits per heavy atom. The first-order valence-electron chi connectivity index (χ1n) is 9.06. The molecule has 0 fully saturated rings. The Hall–Kier alpha value is -2.67. The van der Waals surface area contributed by atoms with E-state index in [2.05, 4.69) is 4.98 Å². The van der Waals surface area contributed by atoms with Crippen LogP contribution in [0.3, 0.4) is 0 Å². The molecule has 0 aliphatic carbocycles. The molecule has 3 heterocycles. The number of halogens is 3. The summed E-state index contributed by atoms with van der Waals surface area (Å²) in [6.45, 7) is -2.23. The Morgan fingerprint density at radius 3 is 2.82 bits per heavy atom. The number of rotatable bonds is 2. The van der Waals surface area contributed by atoms with Gasteiger partial charge in [0.25, 0.3) is 0 Å². The number of nitrogens with zero attached hydrogens (tertiary/aromatic N) is 3. The first kappa shape index (κ1) is 17.4. The van der Waals surface area contributed by atoms with Gasteiger partial charge in [-0.1, -0.05) is 17.7 Å².